The van der Waals surface area contributed by atoms with Gasteiger partial charge in [-0.15, -0.1) is 0 Å². The minimum absolute atomic E-state index is 0.871. The van der Waals surface area contributed by atoms with Crippen molar-refractivity contribution in [3.8, 4) is 72.8 Å². The first-order chi connectivity index (χ1) is 28.8. The van der Waals surface area contributed by atoms with E-state index in [2.05, 4.69) is 234 Å². The summed E-state index contributed by atoms with van der Waals surface area (Å²) in [7, 11) is 0. The van der Waals surface area contributed by atoms with Crippen LogP contribution in [0.1, 0.15) is 0 Å². The van der Waals surface area contributed by atoms with Gasteiger partial charge in [0, 0.05) is 33.3 Å². The van der Waals surface area contributed by atoms with Crippen molar-refractivity contribution in [2.24, 2.45) is 0 Å². The van der Waals surface area contributed by atoms with E-state index < -0.39 is 0 Å². The Morgan fingerprint density at radius 3 is 1.41 bits per heavy atom. The van der Waals surface area contributed by atoms with Crippen molar-refractivity contribution in [3.05, 3.63) is 224 Å². The van der Waals surface area contributed by atoms with E-state index >= 15 is 0 Å². The molecule has 58 heavy (non-hydrogen) atoms. The zero-order chi connectivity index (χ0) is 38.4. The highest BCUT2D eigenvalue weighted by atomic mass is 15.2. The van der Waals surface area contributed by atoms with Gasteiger partial charge in [0.15, 0.2) is 0 Å². The summed E-state index contributed by atoms with van der Waals surface area (Å²) in [4.78, 5) is 7.97. The second-order valence-electron chi connectivity index (χ2n) is 14.8. The molecule has 1 aliphatic rings. The molecule has 11 rings (SSSR count). The Bertz CT molecular complexity index is 2980. The van der Waals surface area contributed by atoms with Crippen molar-refractivity contribution in [2.45, 2.75) is 0 Å². The van der Waals surface area contributed by atoms with E-state index in [0.717, 1.165) is 67.6 Å². The number of benzene rings is 8. The third kappa shape index (κ3) is 5.72. The number of rotatable bonds is 6. The monoisotopic (exact) mass is 739 g/mol. The maximum absolute atomic E-state index is 5.51. The van der Waals surface area contributed by atoms with E-state index in [1.165, 1.54) is 33.2 Å². The lowest BCUT2D eigenvalue weighted by atomic mass is 9.97. The Labute approximate surface area is 338 Å². The Kier molecular flexibility index (Phi) is 8.15. The molecule has 0 bridgehead atoms. The van der Waals surface area contributed by atoms with Gasteiger partial charge in [-0.1, -0.05) is 176 Å². The summed E-state index contributed by atoms with van der Waals surface area (Å²) in [5.41, 5.74) is 18.0. The van der Waals surface area contributed by atoms with Gasteiger partial charge in [0.2, 0.25) is 0 Å². The number of hydrogen-bond acceptors (Lipinski definition) is 2. The van der Waals surface area contributed by atoms with Crippen LogP contribution in [0.4, 0.5) is 17.1 Å². The van der Waals surface area contributed by atoms with E-state index in [4.69, 9.17) is 4.98 Å². The third-order valence-corrected chi connectivity index (χ3v) is 11.3. The van der Waals surface area contributed by atoms with Crippen LogP contribution in [0.15, 0.2) is 224 Å². The van der Waals surface area contributed by atoms with Crippen LogP contribution in [0, 0.1) is 0 Å². The molecule has 0 atom stereocenters. The molecule has 1 aliphatic heterocycles. The van der Waals surface area contributed by atoms with Gasteiger partial charge in [0.05, 0.1) is 28.3 Å². The molecule has 0 fully saturated rings. The van der Waals surface area contributed by atoms with Gasteiger partial charge in [0.1, 0.15) is 5.82 Å². The molecule has 0 saturated heterocycles. The number of aromatic nitrogens is 2. The van der Waals surface area contributed by atoms with Gasteiger partial charge < -0.3 is 4.90 Å². The molecule has 2 aromatic heterocycles. The molecule has 8 aromatic carbocycles. The fourth-order valence-corrected chi connectivity index (χ4v) is 8.68. The summed E-state index contributed by atoms with van der Waals surface area (Å²) in [6, 6.07) is 80.6. The first-order valence-corrected chi connectivity index (χ1v) is 19.8. The van der Waals surface area contributed by atoms with Crippen LogP contribution in [0.25, 0.3) is 83.7 Å². The average molecular weight is 740 g/mol. The fraction of sp³-hybridized carbons (Fsp3) is 0. The number of anilines is 3. The quantitative estimate of drug-likeness (QED) is 0.169. The second kappa shape index (κ2) is 14.1. The van der Waals surface area contributed by atoms with E-state index in [0.29, 0.717) is 0 Å². The van der Waals surface area contributed by atoms with Gasteiger partial charge in [-0.05, 0) is 81.9 Å². The molecule has 272 valence electrons. The van der Waals surface area contributed by atoms with E-state index in [1.807, 2.05) is 0 Å². The van der Waals surface area contributed by atoms with Crippen LogP contribution in [-0.4, -0.2) is 9.55 Å². The SMILES string of the molecule is c1ccc(-c2cc(-c3ccccc3)cc(N3c4ccccc4-c4c(n(-c5cc(-c6ccccc6)cc(-c6ccccc6)n5)c5ccccc45)-c4ccccc43)c2)cc1. The van der Waals surface area contributed by atoms with Crippen LogP contribution < -0.4 is 4.90 Å². The van der Waals surface area contributed by atoms with Crippen LogP contribution in [0.5, 0.6) is 0 Å². The predicted molar refractivity (Wildman–Crippen MR) is 242 cm³/mol. The molecule has 0 N–H and O–H groups in total. The standard InChI is InChI=1S/C55H37N3/c1-5-19-38(20-6-1)42-33-43(39-21-7-2-8-22-39)35-45(34-42)57-50-30-16-13-27-46(50)54-47-28-14-17-31-51(47)58(55(54)48-29-15-18-32-52(48)57)53-37-44(40-23-9-3-10-24-40)36-49(56-53)41-25-11-4-12-26-41/h1-37H. The number of fused-ring (bicyclic) bond motifs is 7. The molecule has 0 amide bonds. The van der Waals surface area contributed by atoms with Crippen LogP contribution in [0.3, 0.4) is 0 Å². The largest absolute Gasteiger partial charge is 0.309 e. The first-order valence-electron chi connectivity index (χ1n) is 19.8. The van der Waals surface area contributed by atoms with Gasteiger partial charge in [-0.25, -0.2) is 4.98 Å². The third-order valence-electron chi connectivity index (χ3n) is 11.3. The minimum atomic E-state index is 0.871. The maximum Gasteiger partial charge on any atom is 0.138 e. The second-order valence-corrected chi connectivity index (χ2v) is 14.8. The molecule has 10 aromatic rings. The highest BCUT2D eigenvalue weighted by molar-refractivity contribution is 6.13. The lowest BCUT2D eigenvalue weighted by molar-refractivity contribution is 1.05. The van der Waals surface area contributed by atoms with E-state index in [1.54, 1.807) is 0 Å². The Balaban J connectivity index is 1.22. The molecular weight excluding hydrogens is 703 g/mol. The Hall–Kier alpha value is -7.75. The summed E-state index contributed by atoms with van der Waals surface area (Å²) in [6.07, 6.45) is 0. The molecule has 0 saturated carbocycles. The smallest absolute Gasteiger partial charge is 0.138 e. The topological polar surface area (TPSA) is 21.1 Å². The van der Waals surface area contributed by atoms with Crippen molar-refractivity contribution in [2.75, 3.05) is 4.90 Å². The number of pyridine rings is 1. The van der Waals surface area contributed by atoms with Gasteiger partial charge in [-0.3, -0.25) is 4.57 Å². The molecule has 0 radical (unpaired) electrons. The molecule has 3 nitrogen and oxygen atoms in total. The summed E-state index contributed by atoms with van der Waals surface area (Å²) in [5, 5.41) is 1.18. The van der Waals surface area contributed by atoms with Crippen LogP contribution in [-0.2, 0) is 0 Å². The Morgan fingerprint density at radius 2 is 0.810 bits per heavy atom. The zero-order valence-electron chi connectivity index (χ0n) is 31.7. The lowest BCUT2D eigenvalue weighted by Gasteiger charge is -2.28. The van der Waals surface area contributed by atoms with Crippen molar-refractivity contribution in [1.29, 1.82) is 0 Å². The highest BCUT2D eigenvalue weighted by Crippen LogP contribution is 2.55. The number of nitrogens with zero attached hydrogens (tertiary/aromatic N) is 3. The number of hydrogen-bond donors (Lipinski definition) is 0. The highest BCUT2D eigenvalue weighted by Gasteiger charge is 2.32. The number of para-hydroxylation sites is 3. The molecule has 0 spiro atoms. The van der Waals surface area contributed by atoms with Gasteiger partial charge in [-0.2, -0.15) is 0 Å². The normalized spacial score (nSPS) is 11.8. The van der Waals surface area contributed by atoms with Gasteiger partial charge in [0.25, 0.3) is 0 Å². The zero-order valence-corrected chi connectivity index (χ0v) is 31.7. The van der Waals surface area contributed by atoms with Crippen LogP contribution >= 0.6 is 0 Å². The molecule has 0 unspecified atom stereocenters. The summed E-state index contributed by atoms with van der Waals surface area (Å²) in [5.74, 6) is 0.871. The minimum Gasteiger partial charge on any atom is -0.309 e. The van der Waals surface area contributed by atoms with Crippen molar-refractivity contribution in [1.82, 2.24) is 9.55 Å². The predicted octanol–water partition coefficient (Wildman–Crippen LogP) is 14.8. The fourth-order valence-electron chi connectivity index (χ4n) is 8.68. The maximum atomic E-state index is 5.51. The first kappa shape index (κ1) is 33.6. The van der Waals surface area contributed by atoms with Crippen molar-refractivity contribution in [3.63, 3.8) is 0 Å². The molecule has 0 aliphatic carbocycles. The van der Waals surface area contributed by atoms with E-state index in [9.17, 15) is 0 Å². The molecular formula is C55H37N3. The summed E-state index contributed by atoms with van der Waals surface area (Å²) >= 11 is 0. The Morgan fingerprint density at radius 1 is 0.345 bits per heavy atom. The van der Waals surface area contributed by atoms with E-state index in [-0.39, 0.29) is 0 Å². The van der Waals surface area contributed by atoms with Crippen molar-refractivity contribution < 1.29 is 0 Å². The summed E-state index contributed by atoms with van der Waals surface area (Å²) < 4.78 is 2.40. The average Bonchev–Trinajstić information content (AvgIpc) is 3.59. The molecule has 3 heteroatoms. The lowest BCUT2D eigenvalue weighted by Crippen LogP contribution is -2.11. The van der Waals surface area contributed by atoms with Crippen molar-refractivity contribution >= 4 is 28.0 Å². The molecule has 3 heterocycles. The summed E-state index contributed by atoms with van der Waals surface area (Å²) in [6.45, 7) is 0. The van der Waals surface area contributed by atoms with Gasteiger partial charge >= 0.3 is 0 Å². The van der Waals surface area contributed by atoms with Crippen LogP contribution in [0.2, 0.25) is 0 Å².